The number of halogens is 1. The second-order valence-corrected chi connectivity index (χ2v) is 3.71. The lowest BCUT2D eigenvalue weighted by atomic mass is 10.0. The summed E-state index contributed by atoms with van der Waals surface area (Å²) in [6.07, 6.45) is -2.30. The van der Waals surface area contributed by atoms with Gasteiger partial charge in [0.2, 0.25) is 0 Å². The van der Waals surface area contributed by atoms with Gasteiger partial charge in [0.15, 0.2) is 0 Å². The van der Waals surface area contributed by atoms with Crippen molar-refractivity contribution in [3.05, 3.63) is 23.5 Å². The van der Waals surface area contributed by atoms with E-state index in [1.54, 1.807) is 0 Å². The Kier molecular flexibility index (Phi) is 4.68. The standard InChI is InChI=1S/C11H17FN2O3/c1-17-10-4-6(7(12)5-8(10)14)11(16)9(15)2-3-13/h4-5,9,11,15-16H,2-3,13-14H2,1H3. The zero-order valence-electron chi connectivity index (χ0n) is 9.56. The minimum Gasteiger partial charge on any atom is -0.495 e. The van der Waals surface area contributed by atoms with Crippen LogP contribution in [0, 0.1) is 5.82 Å². The first-order valence-electron chi connectivity index (χ1n) is 5.20. The fraction of sp³-hybridized carbons (Fsp3) is 0.455. The summed E-state index contributed by atoms with van der Waals surface area (Å²) in [5.74, 6) is -0.438. The van der Waals surface area contributed by atoms with Crippen molar-refractivity contribution >= 4 is 5.69 Å². The predicted molar refractivity (Wildman–Crippen MR) is 62.0 cm³/mol. The van der Waals surface area contributed by atoms with E-state index < -0.39 is 18.0 Å². The molecule has 0 aliphatic heterocycles. The summed E-state index contributed by atoms with van der Waals surface area (Å²) in [4.78, 5) is 0. The van der Waals surface area contributed by atoms with E-state index >= 15 is 0 Å². The van der Waals surface area contributed by atoms with E-state index in [1.807, 2.05) is 0 Å². The molecule has 0 fully saturated rings. The van der Waals surface area contributed by atoms with Crippen LogP contribution in [-0.2, 0) is 0 Å². The van der Waals surface area contributed by atoms with Crippen LogP contribution in [0.4, 0.5) is 10.1 Å². The summed E-state index contributed by atoms with van der Waals surface area (Å²) < 4.78 is 18.5. The molecular formula is C11H17FN2O3. The Morgan fingerprint density at radius 1 is 1.41 bits per heavy atom. The van der Waals surface area contributed by atoms with Crippen LogP contribution in [0.15, 0.2) is 12.1 Å². The number of aliphatic hydroxyl groups is 2. The Morgan fingerprint density at radius 2 is 2.06 bits per heavy atom. The Bertz CT molecular complexity index is 387. The number of hydrogen-bond acceptors (Lipinski definition) is 5. The lowest BCUT2D eigenvalue weighted by molar-refractivity contribution is 0.0129. The Hall–Kier alpha value is -1.37. The average Bonchev–Trinajstić information content (AvgIpc) is 2.29. The monoisotopic (exact) mass is 244 g/mol. The first kappa shape index (κ1) is 13.7. The molecule has 0 spiro atoms. The molecule has 2 atom stereocenters. The highest BCUT2D eigenvalue weighted by Gasteiger charge is 2.22. The van der Waals surface area contributed by atoms with Gasteiger partial charge in [-0.2, -0.15) is 0 Å². The van der Waals surface area contributed by atoms with Crippen LogP contribution in [0.2, 0.25) is 0 Å². The fourth-order valence-corrected chi connectivity index (χ4v) is 1.52. The minimum absolute atomic E-state index is 0.0583. The number of nitrogen functional groups attached to an aromatic ring is 1. The molecule has 1 aromatic rings. The van der Waals surface area contributed by atoms with Crippen molar-refractivity contribution in [1.29, 1.82) is 0 Å². The number of aliphatic hydroxyl groups excluding tert-OH is 2. The zero-order valence-corrected chi connectivity index (χ0v) is 9.56. The molecule has 0 radical (unpaired) electrons. The highest BCUT2D eigenvalue weighted by Crippen LogP contribution is 2.30. The van der Waals surface area contributed by atoms with Crippen molar-refractivity contribution < 1.29 is 19.3 Å². The number of rotatable bonds is 5. The SMILES string of the molecule is COc1cc(C(O)C(O)CCN)c(F)cc1N. The van der Waals surface area contributed by atoms with Crippen LogP contribution < -0.4 is 16.2 Å². The molecule has 0 amide bonds. The molecule has 0 heterocycles. The molecule has 6 heteroatoms. The lowest BCUT2D eigenvalue weighted by Crippen LogP contribution is -2.22. The molecule has 0 aliphatic carbocycles. The maximum Gasteiger partial charge on any atom is 0.142 e. The van der Waals surface area contributed by atoms with Gasteiger partial charge in [0, 0.05) is 11.6 Å². The van der Waals surface area contributed by atoms with E-state index in [0.29, 0.717) is 0 Å². The maximum atomic E-state index is 13.6. The van der Waals surface area contributed by atoms with Gasteiger partial charge < -0.3 is 26.4 Å². The van der Waals surface area contributed by atoms with E-state index in [2.05, 4.69) is 0 Å². The van der Waals surface area contributed by atoms with Crippen molar-refractivity contribution in [2.24, 2.45) is 5.73 Å². The molecule has 1 aromatic carbocycles. The van der Waals surface area contributed by atoms with Gasteiger partial charge in [-0.1, -0.05) is 0 Å². The van der Waals surface area contributed by atoms with Crippen molar-refractivity contribution in [2.75, 3.05) is 19.4 Å². The first-order chi connectivity index (χ1) is 8.01. The fourth-order valence-electron chi connectivity index (χ4n) is 1.52. The maximum absolute atomic E-state index is 13.6. The van der Waals surface area contributed by atoms with Gasteiger partial charge in [-0.3, -0.25) is 0 Å². The number of methoxy groups -OCH3 is 1. The van der Waals surface area contributed by atoms with Crippen molar-refractivity contribution in [3.8, 4) is 5.75 Å². The molecule has 0 aliphatic rings. The molecule has 6 N–H and O–H groups in total. The van der Waals surface area contributed by atoms with Crippen LogP contribution in [0.25, 0.3) is 0 Å². The largest absolute Gasteiger partial charge is 0.495 e. The second-order valence-electron chi connectivity index (χ2n) is 3.71. The van der Waals surface area contributed by atoms with Crippen LogP contribution in [0.1, 0.15) is 18.1 Å². The van der Waals surface area contributed by atoms with Gasteiger partial charge in [0.25, 0.3) is 0 Å². The number of anilines is 1. The summed E-state index contributed by atoms with van der Waals surface area (Å²) in [6.45, 7) is 0.200. The first-order valence-corrected chi connectivity index (χ1v) is 5.20. The number of ether oxygens (including phenoxy) is 1. The van der Waals surface area contributed by atoms with Gasteiger partial charge in [0.05, 0.1) is 18.9 Å². The summed E-state index contributed by atoms with van der Waals surface area (Å²) in [7, 11) is 1.38. The average molecular weight is 244 g/mol. The van der Waals surface area contributed by atoms with Gasteiger partial charge in [0.1, 0.15) is 17.7 Å². The highest BCUT2D eigenvalue weighted by molar-refractivity contribution is 5.54. The third-order valence-electron chi connectivity index (χ3n) is 2.49. The minimum atomic E-state index is -1.35. The third-order valence-corrected chi connectivity index (χ3v) is 2.49. The summed E-state index contributed by atoms with van der Waals surface area (Å²) in [6, 6.07) is 2.32. The normalized spacial score (nSPS) is 14.4. The molecule has 96 valence electrons. The van der Waals surface area contributed by atoms with Crippen molar-refractivity contribution in [2.45, 2.75) is 18.6 Å². The van der Waals surface area contributed by atoms with Crippen molar-refractivity contribution in [3.63, 3.8) is 0 Å². The number of hydrogen-bond donors (Lipinski definition) is 4. The van der Waals surface area contributed by atoms with Gasteiger partial charge >= 0.3 is 0 Å². The predicted octanol–water partition coefficient (Wildman–Crippen LogP) is 0.160. The third kappa shape index (κ3) is 3.06. The van der Waals surface area contributed by atoms with E-state index in [0.717, 1.165) is 6.07 Å². The molecule has 0 saturated heterocycles. The Balaban J connectivity index is 3.04. The van der Waals surface area contributed by atoms with Crippen LogP contribution in [-0.4, -0.2) is 30.0 Å². The molecular weight excluding hydrogens is 227 g/mol. The Morgan fingerprint density at radius 3 is 2.59 bits per heavy atom. The number of benzene rings is 1. The zero-order chi connectivity index (χ0) is 13.0. The molecule has 1 rings (SSSR count). The van der Waals surface area contributed by atoms with Crippen molar-refractivity contribution in [1.82, 2.24) is 0 Å². The molecule has 2 unspecified atom stereocenters. The second kappa shape index (κ2) is 5.81. The molecule has 0 saturated carbocycles. The van der Waals surface area contributed by atoms with E-state index in [9.17, 15) is 14.6 Å². The molecule has 0 bridgehead atoms. The van der Waals surface area contributed by atoms with E-state index in [1.165, 1.54) is 13.2 Å². The van der Waals surface area contributed by atoms with E-state index in [4.69, 9.17) is 16.2 Å². The van der Waals surface area contributed by atoms with Crippen LogP contribution in [0.5, 0.6) is 5.75 Å². The smallest absolute Gasteiger partial charge is 0.142 e. The molecule has 17 heavy (non-hydrogen) atoms. The molecule has 0 aromatic heterocycles. The van der Waals surface area contributed by atoms with Gasteiger partial charge in [-0.05, 0) is 19.0 Å². The quantitative estimate of drug-likeness (QED) is 0.553. The Labute approximate surface area is 98.8 Å². The summed E-state index contributed by atoms with van der Waals surface area (Å²) >= 11 is 0. The summed E-state index contributed by atoms with van der Waals surface area (Å²) in [5, 5.41) is 19.3. The topological polar surface area (TPSA) is 102 Å². The molecule has 5 nitrogen and oxygen atoms in total. The van der Waals surface area contributed by atoms with Crippen LogP contribution in [0.3, 0.4) is 0 Å². The lowest BCUT2D eigenvalue weighted by Gasteiger charge is -2.19. The number of nitrogens with two attached hydrogens (primary N) is 2. The highest BCUT2D eigenvalue weighted by atomic mass is 19.1. The van der Waals surface area contributed by atoms with Gasteiger partial charge in [-0.25, -0.2) is 4.39 Å². The van der Waals surface area contributed by atoms with E-state index in [-0.39, 0.29) is 30.0 Å². The summed E-state index contributed by atoms with van der Waals surface area (Å²) in [5.41, 5.74) is 10.8. The van der Waals surface area contributed by atoms with Gasteiger partial charge in [-0.15, -0.1) is 0 Å². The van der Waals surface area contributed by atoms with Crippen LogP contribution >= 0.6 is 0 Å².